The van der Waals surface area contributed by atoms with Crippen LogP contribution in [0.2, 0.25) is 0 Å². The fraction of sp³-hybridized carbons (Fsp3) is 0.909. The fourth-order valence-corrected chi connectivity index (χ4v) is 2.61. The molecular formula is C11H19NO3. The quantitative estimate of drug-likeness (QED) is 0.758. The number of rotatable bonds is 3. The molecule has 86 valence electrons. The van der Waals surface area contributed by atoms with Crippen molar-refractivity contribution in [1.29, 1.82) is 0 Å². The number of aliphatic carboxylic acids is 1. The second-order valence-corrected chi connectivity index (χ2v) is 4.57. The van der Waals surface area contributed by atoms with Crippen molar-refractivity contribution < 1.29 is 14.6 Å². The highest BCUT2D eigenvalue weighted by atomic mass is 16.5. The van der Waals surface area contributed by atoms with Crippen molar-refractivity contribution in [3.63, 3.8) is 0 Å². The molecule has 2 aliphatic rings. The van der Waals surface area contributed by atoms with Crippen molar-refractivity contribution in [3.8, 4) is 0 Å². The van der Waals surface area contributed by atoms with E-state index in [9.17, 15) is 4.79 Å². The molecule has 4 heteroatoms. The first kappa shape index (κ1) is 10.9. The van der Waals surface area contributed by atoms with E-state index in [4.69, 9.17) is 9.84 Å². The van der Waals surface area contributed by atoms with Crippen LogP contribution in [0.5, 0.6) is 0 Å². The molecule has 1 saturated carbocycles. The summed E-state index contributed by atoms with van der Waals surface area (Å²) in [6.45, 7) is 2.74. The standard InChI is InChI=1S/C11H19NO3/c13-11(14)10-8-15-6-5-12(10)7-9-3-1-2-4-9/h9-10H,1-8H2,(H,13,14). The number of hydrogen-bond acceptors (Lipinski definition) is 3. The summed E-state index contributed by atoms with van der Waals surface area (Å²) in [5, 5.41) is 9.06. The van der Waals surface area contributed by atoms with E-state index in [1.165, 1.54) is 25.7 Å². The van der Waals surface area contributed by atoms with Crippen LogP contribution in [-0.4, -0.2) is 48.3 Å². The van der Waals surface area contributed by atoms with Gasteiger partial charge in [0.25, 0.3) is 0 Å². The summed E-state index contributed by atoms with van der Waals surface area (Å²) < 4.78 is 5.22. The van der Waals surface area contributed by atoms with Crippen molar-refractivity contribution in [2.45, 2.75) is 31.7 Å². The van der Waals surface area contributed by atoms with E-state index < -0.39 is 12.0 Å². The van der Waals surface area contributed by atoms with E-state index in [-0.39, 0.29) is 0 Å². The zero-order chi connectivity index (χ0) is 10.7. The molecule has 4 nitrogen and oxygen atoms in total. The molecule has 0 radical (unpaired) electrons. The minimum absolute atomic E-state index is 0.349. The second kappa shape index (κ2) is 4.94. The van der Waals surface area contributed by atoms with Gasteiger partial charge in [0.1, 0.15) is 6.04 Å². The van der Waals surface area contributed by atoms with Gasteiger partial charge >= 0.3 is 5.97 Å². The number of ether oxygens (including phenoxy) is 1. The Hall–Kier alpha value is -0.610. The van der Waals surface area contributed by atoms with E-state index in [0.29, 0.717) is 19.1 Å². The first-order chi connectivity index (χ1) is 7.27. The van der Waals surface area contributed by atoms with Crippen molar-refractivity contribution in [3.05, 3.63) is 0 Å². The van der Waals surface area contributed by atoms with Gasteiger partial charge in [-0.1, -0.05) is 12.8 Å². The smallest absolute Gasteiger partial charge is 0.323 e. The Morgan fingerprint density at radius 2 is 2.13 bits per heavy atom. The van der Waals surface area contributed by atoms with E-state index in [1.807, 2.05) is 0 Å². The Labute approximate surface area is 90.2 Å². The highest BCUT2D eigenvalue weighted by Crippen LogP contribution is 2.26. The van der Waals surface area contributed by atoms with Gasteiger partial charge < -0.3 is 9.84 Å². The molecule has 1 aliphatic heterocycles. The van der Waals surface area contributed by atoms with Gasteiger partial charge in [-0.25, -0.2) is 0 Å². The Kier molecular flexibility index (Phi) is 3.59. The molecule has 1 saturated heterocycles. The molecule has 0 spiro atoms. The highest BCUT2D eigenvalue weighted by molar-refractivity contribution is 5.73. The van der Waals surface area contributed by atoms with Crippen LogP contribution in [-0.2, 0) is 9.53 Å². The topological polar surface area (TPSA) is 49.8 Å². The summed E-state index contributed by atoms with van der Waals surface area (Å²) >= 11 is 0. The van der Waals surface area contributed by atoms with Gasteiger partial charge in [-0.05, 0) is 18.8 Å². The Bertz CT molecular complexity index is 226. The van der Waals surface area contributed by atoms with Crippen LogP contribution in [0, 0.1) is 5.92 Å². The minimum Gasteiger partial charge on any atom is -0.480 e. The third-order valence-corrected chi connectivity index (χ3v) is 3.49. The monoisotopic (exact) mass is 213 g/mol. The lowest BCUT2D eigenvalue weighted by atomic mass is 10.1. The fourth-order valence-electron chi connectivity index (χ4n) is 2.61. The molecule has 1 aliphatic carbocycles. The van der Waals surface area contributed by atoms with Crippen LogP contribution in [0.3, 0.4) is 0 Å². The summed E-state index contributed by atoms with van der Waals surface area (Å²) in [5.41, 5.74) is 0. The van der Waals surface area contributed by atoms with Crippen LogP contribution in [0.1, 0.15) is 25.7 Å². The van der Waals surface area contributed by atoms with Gasteiger partial charge in [-0.2, -0.15) is 0 Å². The minimum atomic E-state index is -0.743. The Morgan fingerprint density at radius 3 is 2.80 bits per heavy atom. The van der Waals surface area contributed by atoms with E-state index >= 15 is 0 Å². The Morgan fingerprint density at radius 1 is 1.40 bits per heavy atom. The third kappa shape index (κ3) is 2.69. The van der Waals surface area contributed by atoms with Crippen molar-refractivity contribution in [2.24, 2.45) is 5.92 Å². The molecule has 2 fully saturated rings. The molecule has 0 aromatic carbocycles. The van der Waals surface area contributed by atoms with Crippen molar-refractivity contribution >= 4 is 5.97 Å². The van der Waals surface area contributed by atoms with Gasteiger partial charge in [-0.3, -0.25) is 9.69 Å². The zero-order valence-electron chi connectivity index (χ0n) is 9.02. The van der Waals surface area contributed by atoms with E-state index in [0.717, 1.165) is 13.1 Å². The predicted molar refractivity (Wildman–Crippen MR) is 55.8 cm³/mol. The van der Waals surface area contributed by atoms with Gasteiger partial charge in [0.05, 0.1) is 13.2 Å². The molecule has 1 unspecified atom stereocenters. The van der Waals surface area contributed by atoms with Crippen LogP contribution in [0.15, 0.2) is 0 Å². The molecule has 1 N–H and O–H groups in total. The lowest BCUT2D eigenvalue weighted by Gasteiger charge is -2.34. The number of carbonyl (C=O) groups is 1. The molecule has 0 aromatic rings. The SMILES string of the molecule is O=C(O)C1COCCN1CC1CCCC1. The lowest BCUT2D eigenvalue weighted by molar-refractivity contribution is -0.150. The predicted octanol–water partition coefficient (Wildman–Crippen LogP) is 0.962. The second-order valence-electron chi connectivity index (χ2n) is 4.57. The van der Waals surface area contributed by atoms with Crippen LogP contribution < -0.4 is 0 Å². The average molecular weight is 213 g/mol. The largest absolute Gasteiger partial charge is 0.480 e. The molecular weight excluding hydrogens is 194 g/mol. The average Bonchev–Trinajstić information content (AvgIpc) is 2.71. The van der Waals surface area contributed by atoms with E-state index in [1.54, 1.807) is 0 Å². The van der Waals surface area contributed by atoms with Gasteiger partial charge in [0.15, 0.2) is 0 Å². The summed E-state index contributed by atoms with van der Waals surface area (Å²) in [6, 6.07) is -0.417. The highest BCUT2D eigenvalue weighted by Gasteiger charge is 2.31. The molecule has 1 heterocycles. The van der Waals surface area contributed by atoms with E-state index in [2.05, 4.69) is 4.90 Å². The summed E-state index contributed by atoms with van der Waals surface area (Å²) in [4.78, 5) is 13.1. The maximum Gasteiger partial charge on any atom is 0.323 e. The van der Waals surface area contributed by atoms with Crippen LogP contribution in [0.25, 0.3) is 0 Å². The summed E-state index contributed by atoms with van der Waals surface area (Å²) in [6.07, 6.45) is 5.16. The van der Waals surface area contributed by atoms with Crippen molar-refractivity contribution in [1.82, 2.24) is 4.90 Å². The van der Waals surface area contributed by atoms with Gasteiger partial charge in [-0.15, -0.1) is 0 Å². The summed E-state index contributed by atoms with van der Waals surface area (Å²) in [7, 11) is 0. The first-order valence-electron chi connectivity index (χ1n) is 5.82. The molecule has 15 heavy (non-hydrogen) atoms. The van der Waals surface area contributed by atoms with Crippen LogP contribution in [0.4, 0.5) is 0 Å². The molecule has 0 aromatic heterocycles. The Balaban J connectivity index is 1.89. The number of morpholine rings is 1. The normalized spacial score (nSPS) is 29.5. The molecule has 0 bridgehead atoms. The number of carboxylic acids is 1. The van der Waals surface area contributed by atoms with Gasteiger partial charge in [0, 0.05) is 13.1 Å². The molecule has 0 amide bonds. The molecule has 1 atom stereocenters. The van der Waals surface area contributed by atoms with Crippen molar-refractivity contribution in [2.75, 3.05) is 26.3 Å². The lowest BCUT2D eigenvalue weighted by Crippen LogP contribution is -2.51. The third-order valence-electron chi connectivity index (χ3n) is 3.49. The first-order valence-corrected chi connectivity index (χ1v) is 5.82. The maximum absolute atomic E-state index is 11.0. The zero-order valence-corrected chi connectivity index (χ0v) is 9.02. The van der Waals surface area contributed by atoms with Crippen LogP contribution >= 0.6 is 0 Å². The number of carboxylic acid groups (broad SMARTS) is 1. The number of nitrogens with zero attached hydrogens (tertiary/aromatic N) is 1. The maximum atomic E-state index is 11.0. The molecule has 2 rings (SSSR count). The summed E-state index contributed by atoms with van der Waals surface area (Å²) in [5.74, 6) is -0.0300. The number of hydrogen-bond donors (Lipinski definition) is 1. The van der Waals surface area contributed by atoms with Gasteiger partial charge in [0.2, 0.25) is 0 Å².